The van der Waals surface area contributed by atoms with Crippen molar-refractivity contribution in [2.75, 3.05) is 19.7 Å². The Morgan fingerprint density at radius 1 is 1.28 bits per heavy atom. The highest BCUT2D eigenvalue weighted by molar-refractivity contribution is 5.94. The fourth-order valence-electron chi connectivity index (χ4n) is 2.00. The fourth-order valence-corrected chi connectivity index (χ4v) is 2.00. The minimum Gasteiger partial charge on any atom is -0.493 e. The lowest BCUT2D eigenvalue weighted by Crippen LogP contribution is -2.53. The SMILES string of the molecule is O=C(c1ccc(OCC2CC2)cc1)N1CC(O)C1. The number of benzene rings is 1. The van der Waals surface area contributed by atoms with Gasteiger partial charge in [0.05, 0.1) is 12.7 Å². The number of carbonyl (C=O) groups excluding carboxylic acids is 1. The van der Waals surface area contributed by atoms with E-state index in [0.717, 1.165) is 18.3 Å². The molecule has 1 heterocycles. The molecule has 0 unspecified atom stereocenters. The number of ether oxygens (including phenoxy) is 1. The predicted molar refractivity (Wildman–Crippen MR) is 66.6 cm³/mol. The summed E-state index contributed by atoms with van der Waals surface area (Å²) >= 11 is 0. The van der Waals surface area contributed by atoms with Crippen LogP contribution in [-0.4, -0.2) is 41.7 Å². The van der Waals surface area contributed by atoms with Gasteiger partial charge in [-0.3, -0.25) is 4.79 Å². The maximum absolute atomic E-state index is 11.9. The van der Waals surface area contributed by atoms with Crippen LogP contribution in [0, 0.1) is 5.92 Å². The monoisotopic (exact) mass is 247 g/mol. The van der Waals surface area contributed by atoms with Gasteiger partial charge in [-0.25, -0.2) is 0 Å². The highest BCUT2D eigenvalue weighted by Crippen LogP contribution is 2.29. The first-order valence-electron chi connectivity index (χ1n) is 6.42. The van der Waals surface area contributed by atoms with Crippen LogP contribution in [0.4, 0.5) is 0 Å². The molecule has 0 aromatic heterocycles. The van der Waals surface area contributed by atoms with Crippen LogP contribution in [0.3, 0.4) is 0 Å². The summed E-state index contributed by atoms with van der Waals surface area (Å²) < 4.78 is 5.62. The number of rotatable bonds is 4. The normalized spacial score (nSPS) is 19.5. The molecule has 1 aliphatic carbocycles. The van der Waals surface area contributed by atoms with E-state index >= 15 is 0 Å². The zero-order valence-electron chi connectivity index (χ0n) is 10.2. The summed E-state index contributed by atoms with van der Waals surface area (Å²) in [5.74, 6) is 1.53. The third-order valence-electron chi connectivity index (χ3n) is 3.43. The fraction of sp³-hybridized carbons (Fsp3) is 0.500. The highest BCUT2D eigenvalue weighted by atomic mass is 16.5. The second-order valence-corrected chi connectivity index (χ2v) is 5.14. The Bertz CT molecular complexity index is 433. The largest absolute Gasteiger partial charge is 0.493 e. The number of hydrogen-bond donors (Lipinski definition) is 1. The third kappa shape index (κ3) is 2.48. The molecule has 2 fully saturated rings. The Labute approximate surface area is 106 Å². The Balaban J connectivity index is 1.57. The molecular formula is C14H17NO3. The van der Waals surface area contributed by atoms with E-state index in [1.807, 2.05) is 12.1 Å². The summed E-state index contributed by atoms with van der Waals surface area (Å²) in [7, 11) is 0. The smallest absolute Gasteiger partial charge is 0.254 e. The summed E-state index contributed by atoms with van der Waals surface area (Å²) in [5.41, 5.74) is 0.653. The van der Waals surface area contributed by atoms with E-state index in [0.29, 0.717) is 18.7 Å². The van der Waals surface area contributed by atoms with Gasteiger partial charge < -0.3 is 14.7 Å². The summed E-state index contributed by atoms with van der Waals surface area (Å²) in [4.78, 5) is 13.6. The quantitative estimate of drug-likeness (QED) is 0.872. The topological polar surface area (TPSA) is 49.8 Å². The maximum Gasteiger partial charge on any atom is 0.254 e. The van der Waals surface area contributed by atoms with Gasteiger partial charge in [-0.05, 0) is 43.0 Å². The lowest BCUT2D eigenvalue weighted by atomic mass is 10.1. The van der Waals surface area contributed by atoms with Gasteiger partial charge in [-0.2, -0.15) is 0 Å². The molecule has 1 saturated carbocycles. The van der Waals surface area contributed by atoms with Crippen LogP contribution >= 0.6 is 0 Å². The summed E-state index contributed by atoms with van der Waals surface area (Å²) in [6, 6.07) is 7.25. The van der Waals surface area contributed by atoms with Gasteiger partial charge in [0.25, 0.3) is 5.91 Å². The van der Waals surface area contributed by atoms with Crippen LogP contribution in [0.2, 0.25) is 0 Å². The second-order valence-electron chi connectivity index (χ2n) is 5.14. The maximum atomic E-state index is 11.9. The summed E-state index contributed by atoms with van der Waals surface area (Å²) in [6.45, 7) is 1.67. The first-order chi connectivity index (χ1) is 8.72. The summed E-state index contributed by atoms with van der Waals surface area (Å²) in [6.07, 6.45) is 2.19. The summed E-state index contributed by atoms with van der Waals surface area (Å²) in [5, 5.41) is 9.17. The van der Waals surface area contributed by atoms with Crippen LogP contribution in [0.25, 0.3) is 0 Å². The molecule has 4 nitrogen and oxygen atoms in total. The first-order valence-corrected chi connectivity index (χ1v) is 6.42. The lowest BCUT2D eigenvalue weighted by molar-refractivity contribution is 0.00589. The Hall–Kier alpha value is -1.55. The number of β-amino-alcohol motifs (C(OH)–C–C–N with tert-alkyl or cyclic N) is 1. The van der Waals surface area contributed by atoms with Gasteiger partial charge in [-0.1, -0.05) is 0 Å². The molecular weight excluding hydrogens is 230 g/mol. The molecule has 1 saturated heterocycles. The van der Waals surface area contributed by atoms with Crippen molar-refractivity contribution in [3.63, 3.8) is 0 Å². The number of aliphatic hydroxyl groups excluding tert-OH is 1. The minimum atomic E-state index is -0.352. The minimum absolute atomic E-state index is 0.0194. The number of likely N-dealkylation sites (tertiary alicyclic amines) is 1. The van der Waals surface area contributed by atoms with E-state index in [2.05, 4.69) is 0 Å². The highest BCUT2D eigenvalue weighted by Gasteiger charge is 2.29. The number of carbonyl (C=O) groups is 1. The van der Waals surface area contributed by atoms with E-state index in [-0.39, 0.29) is 12.0 Å². The van der Waals surface area contributed by atoms with Crippen molar-refractivity contribution < 1.29 is 14.6 Å². The average molecular weight is 247 g/mol. The van der Waals surface area contributed by atoms with Crippen molar-refractivity contribution in [2.45, 2.75) is 18.9 Å². The van der Waals surface area contributed by atoms with Crippen molar-refractivity contribution in [1.82, 2.24) is 4.90 Å². The predicted octanol–water partition coefficient (Wildman–Crippen LogP) is 1.29. The Kier molecular flexibility index (Phi) is 2.96. The van der Waals surface area contributed by atoms with Crippen molar-refractivity contribution in [3.8, 4) is 5.75 Å². The van der Waals surface area contributed by atoms with Gasteiger partial charge in [-0.15, -0.1) is 0 Å². The first kappa shape index (κ1) is 11.5. The van der Waals surface area contributed by atoms with Gasteiger partial charge in [0.15, 0.2) is 0 Å². The number of aliphatic hydroxyl groups is 1. The molecule has 1 aliphatic heterocycles. The average Bonchev–Trinajstić information content (AvgIpc) is 3.16. The van der Waals surface area contributed by atoms with Crippen molar-refractivity contribution >= 4 is 5.91 Å². The molecule has 1 N–H and O–H groups in total. The van der Waals surface area contributed by atoms with Crippen molar-refractivity contribution in [3.05, 3.63) is 29.8 Å². The molecule has 2 aliphatic rings. The molecule has 3 rings (SSSR count). The van der Waals surface area contributed by atoms with Crippen LogP contribution in [0.1, 0.15) is 23.2 Å². The van der Waals surface area contributed by atoms with Crippen molar-refractivity contribution in [1.29, 1.82) is 0 Å². The van der Waals surface area contributed by atoms with Gasteiger partial charge >= 0.3 is 0 Å². The van der Waals surface area contributed by atoms with E-state index in [4.69, 9.17) is 4.74 Å². The Morgan fingerprint density at radius 3 is 2.50 bits per heavy atom. The third-order valence-corrected chi connectivity index (χ3v) is 3.43. The molecule has 0 atom stereocenters. The molecule has 96 valence electrons. The number of hydrogen-bond acceptors (Lipinski definition) is 3. The molecule has 4 heteroatoms. The number of amides is 1. The van der Waals surface area contributed by atoms with Crippen LogP contribution < -0.4 is 4.74 Å². The van der Waals surface area contributed by atoms with Gasteiger partial charge in [0.2, 0.25) is 0 Å². The second kappa shape index (κ2) is 4.61. The zero-order valence-corrected chi connectivity index (χ0v) is 10.2. The van der Waals surface area contributed by atoms with Crippen LogP contribution in [-0.2, 0) is 0 Å². The molecule has 0 bridgehead atoms. The van der Waals surface area contributed by atoms with E-state index < -0.39 is 0 Å². The molecule has 1 aromatic rings. The van der Waals surface area contributed by atoms with Gasteiger partial charge in [0.1, 0.15) is 5.75 Å². The van der Waals surface area contributed by atoms with Gasteiger partial charge in [0, 0.05) is 18.7 Å². The molecule has 0 spiro atoms. The molecule has 1 amide bonds. The molecule has 18 heavy (non-hydrogen) atoms. The lowest BCUT2D eigenvalue weighted by Gasteiger charge is -2.35. The van der Waals surface area contributed by atoms with Crippen LogP contribution in [0.15, 0.2) is 24.3 Å². The van der Waals surface area contributed by atoms with E-state index in [9.17, 15) is 9.90 Å². The van der Waals surface area contributed by atoms with Crippen LogP contribution in [0.5, 0.6) is 5.75 Å². The molecule has 0 radical (unpaired) electrons. The molecule has 1 aromatic carbocycles. The standard InChI is InChI=1S/C14H17NO3/c16-12-7-15(8-12)14(17)11-3-5-13(6-4-11)18-9-10-1-2-10/h3-6,10,12,16H,1-2,7-9H2. The number of nitrogens with zero attached hydrogens (tertiary/aromatic N) is 1. The Morgan fingerprint density at radius 2 is 1.94 bits per heavy atom. The van der Waals surface area contributed by atoms with E-state index in [1.165, 1.54) is 12.8 Å². The zero-order chi connectivity index (χ0) is 12.5. The van der Waals surface area contributed by atoms with E-state index in [1.54, 1.807) is 17.0 Å². The van der Waals surface area contributed by atoms with Crippen molar-refractivity contribution in [2.24, 2.45) is 5.92 Å².